The van der Waals surface area contributed by atoms with Gasteiger partial charge in [-0.1, -0.05) is 55.5 Å². The molecule has 0 saturated heterocycles. The summed E-state index contributed by atoms with van der Waals surface area (Å²) in [5.41, 5.74) is 4.37. The molecule has 0 aromatic heterocycles. The number of rotatable bonds is 5. The molecule has 0 bridgehead atoms. The Kier molecular flexibility index (Phi) is 6.09. The number of benzene rings is 1. The van der Waals surface area contributed by atoms with Gasteiger partial charge in [0.2, 0.25) is 0 Å². The van der Waals surface area contributed by atoms with E-state index in [1.165, 1.54) is 62.6 Å². The van der Waals surface area contributed by atoms with Crippen LogP contribution in [0.4, 0.5) is 0 Å². The lowest BCUT2D eigenvalue weighted by molar-refractivity contribution is 0.384. The predicted molar refractivity (Wildman–Crippen MR) is 88.3 cm³/mol. The quantitative estimate of drug-likeness (QED) is 0.760. The number of hydrogen-bond donors (Lipinski definition) is 1. The highest BCUT2D eigenvalue weighted by Crippen LogP contribution is 2.27. The van der Waals surface area contributed by atoms with Crippen LogP contribution in [-0.4, -0.2) is 12.6 Å². The van der Waals surface area contributed by atoms with Crippen LogP contribution in [0.1, 0.15) is 62.1 Å². The van der Waals surface area contributed by atoms with Crippen LogP contribution < -0.4 is 5.32 Å². The summed E-state index contributed by atoms with van der Waals surface area (Å²) >= 11 is 0. The van der Waals surface area contributed by atoms with Gasteiger partial charge in [-0.3, -0.25) is 0 Å². The molecule has 1 heteroatoms. The molecule has 2 unspecified atom stereocenters. The van der Waals surface area contributed by atoms with E-state index in [0.29, 0.717) is 0 Å². The first-order valence-corrected chi connectivity index (χ1v) is 8.48. The molecule has 0 aliphatic heterocycles. The molecule has 1 aliphatic carbocycles. The van der Waals surface area contributed by atoms with E-state index in [0.717, 1.165) is 12.0 Å². The summed E-state index contributed by atoms with van der Waals surface area (Å²) in [7, 11) is 0. The minimum atomic E-state index is 0.758. The number of nitrogens with one attached hydrogen (secondary N) is 1. The average molecular weight is 273 g/mol. The molecule has 1 saturated carbocycles. The predicted octanol–water partition coefficient (Wildman–Crippen LogP) is 4.79. The molecule has 1 aliphatic rings. The summed E-state index contributed by atoms with van der Waals surface area (Å²) < 4.78 is 0. The topological polar surface area (TPSA) is 12.0 Å². The molecule has 1 N–H and O–H groups in total. The molecule has 0 amide bonds. The summed E-state index contributed by atoms with van der Waals surface area (Å²) in [4.78, 5) is 0. The van der Waals surface area contributed by atoms with Gasteiger partial charge in [0.05, 0.1) is 0 Å². The van der Waals surface area contributed by atoms with Gasteiger partial charge in [0, 0.05) is 6.04 Å². The lowest BCUT2D eigenvalue weighted by Gasteiger charge is -2.21. The van der Waals surface area contributed by atoms with Crippen molar-refractivity contribution in [1.29, 1.82) is 0 Å². The fourth-order valence-electron chi connectivity index (χ4n) is 3.70. The Labute approximate surface area is 125 Å². The van der Waals surface area contributed by atoms with Crippen molar-refractivity contribution in [2.75, 3.05) is 6.54 Å². The zero-order valence-corrected chi connectivity index (χ0v) is 13.5. The van der Waals surface area contributed by atoms with E-state index >= 15 is 0 Å². The molecule has 1 nitrogen and oxygen atoms in total. The standard InChI is InChI=1S/C19H31N/c1-4-9-20-19-8-6-5-7-17(14-19)13-18-11-15(2)10-16(3)12-18/h10-12,17,19-20H,4-9,13-14H2,1-3H3. The van der Waals surface area contributed by atoms with E-state index in [-0.39, 0.29) is 0 Å². The van der Waals surface area contributed by atoms with Gasteiger partial charge >= 0.3 is 0 Å². The van der Waals surface area contributed by atoms with Crippen molar-refractivity contribution in [3.05, 3.63) is 34.9 Å². The third kappa shape index (κ3) is 4.94. The second-order valence-corrected chi connectivity index (χ2v) is 6.74. The third-order valence-electron chi connectivity index (χ3n) is 4.52. The van der Waals surface area contributed by atoms with E-state index in [2.05, 4.69) is 44.3 Å². The van der Waals surface area contributed by atoms with Crippen molar-refractivity contribution in [2.24, 2.45) is 5.92 Å². The molecule has 2 rings (SSSR count). The maximum Gasteiger partial charge on any atom is 0.00698 e. The van der Waals surface area contributed by atoms with E-state index < -0.39 is 0 Å². The van der Waals surface area contributed by atoms with Crippen molar-refractivity contribution in [3.8, 4) is 0 Å². The summed E-state index contributed by atoms with van der Waals surface area (Å²) in [6.45, 7) is 7.88. The Hall–Kier alpha value is -0.820. The van der Waals surface area contributed by atoms with Gasteiger partial charge in [-0.2, -0.15) is 0 Å². The molecule has 0 spiro atoms. The lowest BCUT2D eigenvalue weighted by atomic mass is 9.90. The largest absolute Gasteiger partial charge is 0.314 e. The Morgan fingerprint density at radius 1 is 1.05 bits per heavy atom. The summed E-state index contributed by atoms with van der Waals surface area (Å²) in [5.74, 6) is 0.869. The average Bonchev–Trinajstić information content (AvgIpc) is 2.60. The zero-order chi connectivity index (χ0) is 14.4. The van der Waals surface area contributed by atoms with Crippen molar-refractivity contribution in [1.82, 2.24) is 5.32 Å². The lowest BCUT2D eigenvalue weighted by Crippen LogP contribution is -2.31. The highest BCUT2D eigenvalue weighted by Gasteiger charge is 2.20. The summed E-state index contributed by atoms with van der Waals surface area (Å²) in [6.07, 6.45) is 9.50. The molecular weight excluding hydrogens is 242 g/mol. The van der Waals surface area contributed by atoms with E-state index in [1.807, 2.05) is 0 Å². The molecule has 2 atom stereocenters. The molecule has 1 fully saturated rings. The molecule has 20 heavy (non-hydrogen) atoms. The number of aryl methyl sites for hydroxylation is 2. The Morgan fingerprint density at radius 2 is 1.75 bits per heavy atom. The highest BCUT2D eigenvalue weighted by molar-refractivity contribution is 5.28. The van der Waals surface area contributed by atoms with Crippen molar-refractivity contribution in [3.63, 3.8) is 0 Å². The van der Waals surface area contributed by atoms with Gasteiger partial charge in [0.25, 0.3) is 0 Å². The first kappa shape index (κ1) is 15.6. The van der Waals surface area contributed by atoms with Crippen LogP contribution in [0.5, 0.6) is 0 Å². The monoisotopic (exact) mass is 273 g/mol. The normalized spacial score (nSPS) is 23.6. The van der Waals surface area contributed by atoms with Crippen LogP contribution in [0.15, 0.2) is 18.2 Å². The van der Waals surface area contributed by atoms with Crippen molar-refractivity contribution >= 4 is 0 Å². The van der Waals surface area contributed by atoms with Crippen LogP contribution in [0.2, 0.25) is 0 Å². The fourth-order valence-corrected chi connectivity index (χ4v) is 3.70. The molecule has 0 radical (unpaired) electrons. The summed E-state index contributed by atoms with van der Waals surface area (Å²) in [5, 5.41) is 3.75. The van der Waals surface area contributed by atoms with Gasteiger partial charge in [-0.25, -0.2) is 0 Å². The van der Waals surface area contributed by atoms with Crippen LogP contribution in [0, 0.1) is 19.8 Å². The molecule has 112 valence electrons. The van der Waals surface area contributed by atoms with Crippen LogP contribution in [0.25, 0.3) is 0 Å². The van der Waals surface area contributed by atoms with E-state index in [9.17, 15) is 0 Å². The van der Waals surface area contributed by atoms with Crippen LogP contribution in [-0.2, 0) is 6.42 Å². The van der Waals surface area contributed by atoms with Gasteiger partial charge in [-0.15, -0.1) is 0 Å². The van der Waals surface area contributed by atoms with Crippen LogP contribution >= 0.6 is 0 Å². The zero-order valence-electron chi connectivity index (χ0n) is 13.5. The van der Waals surface area contributed by atoms with Gasteiger partial charge < -0.3 is 5.32 Å². The SMILES string of the molecule is CCCNC1CCCCC(Cc2cc(C)cc(C)c2)C1. The molecule has 1 aromatic rings. The first-order valence-electron chi connectivity index (χ1n) is 8.48. The Morgan fingerprint density at radius 3 is 2.45 bits per heavy atom. The second kappa shape index (κ2) is 7.83. The van der Waals surface area contributed by atoms with Gasteiger partial charge in [0.15, 0.2) is 0 Å². The highest BCUT2D eigenvalue weighted by atomic mass is 14.9. The smallest absolute Gasteiger partial charge is 0.00698 e. The summed E-state index contributed by atoms with van der Waals surface area (Å²) in [6, 6.07) is 7.80. The molecule has 1 aromatic carbocycles. The minimum absolute atomic E-state index is 0.758. The maximum atomic E-state index is 3.75. The van der Waals surface area contributed by atoms with E-state index in [1.54, 1.807) is 5.56 Å². The third-order valence-corrected chi connectivity index (χ3v) is 4.52. The van der Waals surface area contributed by atoms with Crippen molar-refractivity contribution in [2.45, 2.75) is 71.8 Å². The Bertz CT molecular complexity index is 390. The van der Waals surface area contributed by atoms with Crippen LogP contribution in [0.3, 0.4) is 0 Å². The van der Waals surface area contributed by atoms with Gasteiger partial charge in [0.1, 0.15) is 0 Å². The maximum absolute atomic E-state index is 3.75. The number of hydrogen-bond acceptors (Lipinski definition) is 1. The fraction of sp³-hybridized carbons (Fsp3) is 0.684. The minimum Gasteiger partial charge on any atom is -0.314 e. The van der Waals surface area contributed by atoms with Crippen molar-refractivity contribution < 1.29 is 0 Å². The second-order valence-electron chi connectivity index (χ2n) is 6.74. The van der Waals surface area contributed by atoms with E-state index in [4.69, 9.17) is 0 Å². The molecular formula is C19H31N. The Balaban J connectivity index is 1.95. The first-order chi connectivity index (χ1) is 9.67. The van der Waals surface area contributed by atoms with Gasteiger partial charge in [-0.05, 0) is 57.6 Å². The molecule has 0 heterocycles.